The Hall–Kier alpha value is -3.19. The third-order valence-electron chi connectivity index (χ3n) is 5.10. The van der Waals surface area contributed by atoms with Crippen LogP contribution in [0.4, 0.5) is 10.2 Å². The predicted octanol–water partition coefficient (Wildman–Crippen LogP) is 5.70. The second-order valence-corrected chi connectivity index (χ2v) is 10.1. The molecule has 0 aliphatic heterocycles. The topological polar surface area (TPSA) is 67.2 Å². The van der Waals surface area contributed by atoms with E-state index in [1.165, 1.54) is 23.1 Å². The lowest BCUT2D eigenvalue weighted by Crippen LogP contribution is -2.40. The van der Waals surface area contributed by atoms with Gasteiger partial charge in [-0.05, 0) is 48.4 Å². The van der Waals surface area contributed by atoms with E-state index in [4.69, 9.17) is 16.7 Å². The third-order valence-corrected chi connectivity index (χ3v) is 5.35. The average Bonchev–Trinajstić information content (AvgIpc) is 3.17. The summed E-state index contributed by atoms with van der Waals surface area (Å²) >= 11 is 6.03. The van der Waals surface area contributed by atoms with E-state index in [2.05, 4.69) is 5.32 Å². The Bertz CT molecular complexity index is 1170. The van der Waals surface area contributed by atoms with Crippen molar-refractivity contribution in [3.63, 3.8) is 0 Å². The van der Waals surface area contributed by atoms with Gasteiger partial charge in [0.25, 0.3) is 5.91 Å². The first-order valence-electron chi connectivity index (χ1n) is 11.1. The first-order chi connectivity index (χ1) is 15.9. The Balaban J connectivity index is 1.87. The number of hydrogen-bond acceptors (Lipinski definition) is 3. The summed E-state index contributed by atoms with van der Waals surface area (Å²) in [5.74, 6) is -0.662. The summed E-state index contributed by atoms with van der Waals surface area (Å²) in [5.41, 5.74) is 1.50. The summed E-state index contributed by atoms with van der Waals surface area (Å²) < 4.78 is 15.3. The molecule has 180 valence electrons. The third kappa shape index (κ3) is 6.44. The zero-order valence-corrected chi connectivity index (χ0v) is 20.9. The summed E-state index contributed by atoms with van der Waals surface area (Å²) in [6.45, 7) is 10.2. The maximum Gasteiger partial charge on any atom is 0.254 e. The van der Waals surface area contributed by atoms with E-state index >= 15 is 0 Å². The van der Waals surface area contributed by atoms with Gasteiger partial charge in [-0.2, -0.15) is 5.10 Å². The molecule has 1 aromatic heterocycles. The molecule has 0 radical (unpaired) electrons. The lowest BCUT2D eigenvalue weighted by Gasteiger charge is -2.24. The largest absolute Gasteiger partial charge is 0.329 e. The van der Waals surface area contributed by atoms with Gasteiger partial charge >= 0.3 is 0 Å². The Morgan fingerprint density at radius 1 is 1.12 bits per heavy atom. The molecular weight excluding hydrogens is 455 g/mol. The number of carbonyl (C=O) groups is 2. The van der Waals surface area contributed by atoms with Gasteiger partial charge in [0.05, 0.1) is 11.4 Å². The van der Waals surface area contributed by atoms with Gasteiger partial charge in [-0.25, -0.2) is 9.07 Å². The van der Waals surface area contributed by atoms with Crippen molar-refractivity contribution in [3.8, 4) is 5.69 Å². The number of anilines is 1. The molecule has 2 aromatic carbocycles. The van der Waals surface area contributed by atoms with Crippen LogP contribution >= 0.6 is 11.6 Å². The molecule has 34 heavy (non-hydrogen) atoms. The van der Waals surface area contributed by atoms with Crippen LogP contribution in [-0.4, -0.2) is 39.6 Å². The van der Waals surface area contributed by atoms with E-state index in [-0.39, 0.29) is 29.3 Å². The van der Waals surface area contributed by atoms with Crippen LogP contribution in [-0.2, 0) is 10.2 Å². The Kier molecular flexibility index (Phi) is 7.77. The highest BCUT2D eigenvalue weighted by Gasteiger charge is 2.24. The number of rotatable bonds is 7. The fourth-order valence-corrected chi connectivity index (χ4v) is 3.56. The first-order valence-corrected chi connectivity index (χ1v) is 11.5. The van der Waals surface area contributed by atoms with E-state index in [9.17, 15) is 14.0 Å². The van der Waals surface area contributed by atoms with Crippen molar-refractivity contribution in [2.75, 3.05) is 18.4 Å². The van der Waals surface area contributed by atoms with Crippen molar-refractivity contribution < 1.29 is 14.0 Å². The summed E-state index contributed by atoms with van der Waals surface area (Å²) in [7, 11) is 0. The number of nitrogens with one attached hydrogen (secondary N) is 1. The summed E-state index contributed by atoms with van der Waals surface area (Å²) in [4.78, 5) is 27.5. The highest BCUT2D eigenvalue weighted by atomic mass is 35.5. The molecule has 0 atom stereocenters. The zero-order valence-electron chi connectivity index (χ0n) is 20.1. The van der Waals surface area contributed by atoms with Crippen LogP contribution in [0, 0.1) is 11.7 Å². The quantitative estimate of drug-likeness (QED) is 0.467. The number of nitrogens with zero attached hydrogens (tertiary/aromatic N) is 3. The van der Waals surface area contributed by atoms with Crippen LogP contribution in [0.15, 0.2) is 54.6 Å². The van der Waals surface area contributed by atoms with Crippen molar-refractivity contribution in [1.82, 2.24) is 14.7 Å². The Labute approximate surface area is 204 Å². The molecule has 6 nitrogen and oxygen atoms in total. The molecule has 0 aliphatic carbocycles. The van der Waals surface area contributed by atoms with Crippen molar-refractivity contribution in [3.05, 3.63) is 76.7 Å². The molecule has 0 fully saturated rings. The van der Waals surface area contributed by atoms with E-state index in [0.29, 0.717) is 17.4 Å². The van der Waals surface area contributed by atoms with Crippen LogP contribution in [0.5, 0.6) is 0 Å². The van der Waals surface area contributed by atoms with E-state index in [1.54, 1.807) is 22.9 Å². The van der Waals surface area contributed by atoms with Crippen LogP contribution in [0.1, 0.15) is 50.7 Å². The number of amides is 2. The molecule has 3 rings (SSSR count). The second-order valence-electron chi connectivity index (χ2n) is 9.69. The molecule has 8 heteroatoms. The van der Waals surface area contributed by atoms with Crippen molar-refractivity contribution >= 4 is 29.2 Å². The molecular formula is C26H30ClFN4O2. The van der Waals surface area contributed by atoms with Gasteiger partial charge in [-0.1, -0.05) is 52.3 Å². The SMILES string of the molecule is CC(C)CN(CC(=O)Nc1cc(C(C)(C)C)nn1-c1ccc(Cl)cc1)C(=O)c1cccc(F)c1. The number of hydrogen-bond donors (Lipinski definition) is 1. The average molecular weight is 485 g/mol. The summed E-state index contributed by atoms with van der Waals surface area (Å²) in [6.07, 6.45) is 0. The van der Waals surface area contributed by atoms with Gasteiger partial charge in [0, 0.05) is 28.6 Å². The van der Waals surface area contributed by atoms with Crippen LogP contribution < -0.4 is 5.32 Å². The smallest absolute Gasteiger partial charge is 0.254 e. The maximum atomic E-state index is 13.7. The number of halogens is 2. The normalized spacial score (nSPS) is 11.5. The molecule has 2 amide bonds. The van der Waals surface area contributed by atoms with Crippen molar-refractivity contribution in [2.24, 2.45) is 5.92 Å². The van der Waals surface area contributed by atoms with Gasteiger partial charge in [0.2, 0.25) is 5.91 Å². The lowest BCUT2D eigenvalue weighted by atomic mass is 9.92. The molecule has 1 N–H and O–H groups in total. The minimum Gasteiger partial charge on any atom is -0.329 e. The van der Waals surface area contributed by atoms with E-state index in [0.717, 1.165) is 11.4 Å². The summed E-state index contributed by atoms with van der Waals surface area (Å²) in [6, 6.07) is 14.4. The monoisotopic (exact) mass is 484 g/mol. The van der Waals surface area contributed by atoms with Gasteiger partial charge in [-0.15, -0.1) is 0 Å². The van der Waals surface area contributed by atoms with Crippen LogP contribution in [0.25, 0.3) is 5.69 Å². The minimum absolute atomic E-state index is 0.123. The minimum atomic E-state index is -0.499. The number of benzene rings is 2. The Morgan fingerprint density at radius 2 is 1.79 bits per heavy atom. The summed E-state index contributed by atoms with van der Waals surface area (Å²) in [5, 5.41) is 8.18. The van der Waals surface area contributed by atoms with E-state index < -0.39 is 11.7 Å². The Morgan fingerprint density at radius 3 is 2.38 bits per heavy atom. The first kappa shape index (κ1) is 25.4. The molecule has 3 aromatic rings. The second kappa shape index (κ2) is 10.4. The molecule has 0 saturated carbocycles. The molecule has 0 aliphatic rings. The number of carbonyl (C=O) groups excluding carboxylic acids is 2. The van der Waals surface area contributed by atoms with Crippen molar-refractivity contribution in [2.45, 2.75) is 40.0 Å². The van der Waals surface area contributed by atoms with Gasteiger partial charge in [-0.3, -0.25) is 9.59 Å². The zero-order chi connectivity index (χ0) is 25.0. The van der Waals surface area contributed by atoms with Crippen LogP contribution in [0.3, 0.4) is 0 Å². The maximum absolute atomic E-state index is 13.7. The van der Waals surface area contributed by atoms with Gasteiger partial charge < -0.3 is 10.2 Å². The standard InChI is InChI=1S/C26H30ClFN4O2/c1-17(2)15-31(25(34)18-7-6-8-20(28)13-18)16-24(33)29-23-14-22(26(3,4)5)30-32(23)21-11-9-19(27)10-12-21/h6-14,17H,15-16H2,1-5H3,(H,29,33). The molecule has 0 unspecified atom stereocenters. The number of aromatic nitrogens is 2. The molecule has 0 spiro atoms. The molecule has 1 heterocycles. The van der Waals surface area contributed by atoms with E-state index in [1.807, 2.05) is 52.8 Å². The highest BCUT2D eigenvalue weighted by Crippen LogP contribution is 2.27. The van der Waals surface area contributed by atoms with Crippen molar-refractivity contribution in [1.29, 1.82) is 0 Å². The predicted molar refractivity (Wildman–Crippen MR) is 133 cm³/mol. The fourth-order valence-electron chi connectivity index (χ4n) is 3.44. The molecule has 0 saturated heterocycles. The fraction of sp³-hybridized carbons (Fsp3) is 0.346. The highest BCUT2D eigenvalue weighted by molar-refractivity contribution is 6.30. The van der Waals surface area contributed by atoms with Gasteiger partial charge in [0.15, 0.2) is 0 Å². The molecule has 0 bridgehead atoms. The van der Waals surface area contributed by atoms with Gasteiger partial charge in [0.1, 0.15) is 18.2 Å². The van der Waals surface area contributed by atoms with Crippen LogP contribution in [0.2, 0.25) is 5.02 Å². The lowest BCUT2D eigenvalue weighted by molar-refractivity contribution is -0.117.